The first-order valence-corrected chi connectivity index (χ1v) is 8.49. The van der Waals surface area contributed by atoms with Crippen molar-refractivity contribution in [3.63, 3.8) is 0 Å². The van der Waals surface area contributed by atoms with Crippen molar-refractivity contribution in [1.29, 1.82) is 0 Å². The van der Waals surface area contributed by atoms with Gasteiger partial charge in [-0.3, -0.25) is 9.59 Å². The van der Waals surface area contributed by atoms with Crippen LogP contribution in [0.3, 0.4) is 0 Å². The van der Waals surface area contributed by atoms with Crippen LogP contribution >= 0.6 is 0 Å². The van der Waals surface area contributed by atoms with Crippen molar-refractivity contribution in [2.24, 2.45) is 0 Å². The lowest BCUT2D eigenvalue weighted by atomic mass is 9.98. The molecule has 0 spiro atoms. The summed E-state index contributed by atoms with van der Waals surface area (Å²) >= 11 is 0. The number of hydrogen-bond donors (Lipinski definition) is 5. The van der Waals surface area contributed by atoms with Crippen molar-refractivity contribution >= 4 is 17.8 Å². The van der Waals surface area contributed by atoms with E-state index in [0.717, 1.165) is 0 Å². The molecule has 11 heteroatoms. The van der Waals surface area contributed by atoms with E-state index in [1.54, 1.807) is 6.08 Å². The zero-order valence-corrected chi connectivity index (χ0v) is 15.3. The molecule has 0 aromatic rings. The van der Waals surface area contributed by atoms with Gasteiger partial charge < -0.3 is 40.0 Å². The van der Waals surface area contributed by atoms with Gasteiger partial charge in [-0.15, -0.1) is 0 Å². The molecule has 2 rings (SSSR count). The first-order valence-electron chi connectivity index (χ1n) is 8.49. The maximum absolute atomic E-state index is 11.5. The zero-order valence-electron chi connectivity index (χ0n) is 15.3. The fourth-order valence-corrected chi connectivity index (χ4v) is 2.80. The number of aliphatic hydroxyl groups is 3. The highest BCUT2D eigenvalue weighted by molar-refractivity contribution is 5.75. The summed E-state index contributed by atoms with van der Waals surface area (Å²) in [7, 11) is 0. The standard InChI is InChI=1S/C17H23NO10/c1-7(19)18-10-5-9(6-26-8(2)20)3-4-11(10)27-17-14(23)12(21)13(22)15(28-17)16(24)25/h3,5,11-15,17,21-23H,4,6H2,1-2H3,(H,18,19)(H,24,25)/t11?,12-,13-,14+,15-,17+/m0/s1. The van der Waals surface area contributed by atoms with Gasteiger partial charge in [0.05, 0.1) is 0 Å². The van der Waals surface area contributed by atoms with Crippen LogP contribution in [0, 0.1) is 0 Å². The molecule has 11 nitrogen and oxygen atoms in total. The van der Waals surface area contributed by atoms with Gasteiger partial charge in [0.25, 0.3) is 0 Å². The molecule has 5 N–H and O–H groups in total. The van der Waals surface area contributed by atoms with Crippen molar-refractivity contribution < 1.29 is 49.0 Å². The van der Waals surface area contributed by atoms with Crippen molar-refractivity contribution in [3.8, 4) is 0 Å². The summed E-state index contributed by atoms with van der Waals surface area (Å²) < 4.78 is 15.6. The largest absolute Gasteiger partial charge is 0.479 e. The molecule has 1 unspecified atom stereocenters. The minimum Gasteiger partial charge on any atom is -0.479 e. The molecular weight excluding hydrogens is 378 g/mol. The molecule has 1 heterocycles. The summed E-state index contributed by atoms with van der Waals surface area (Å²) in [4.78, 5) is 33.6. The molecule has 0 aromatic carbocycles. The number of rotatable bonds is 6. The molecule has 6 atom stereocenters. The smallest absolute Gasteiger partial charge is 0.335 e. The van der Waals surface area contributed by atoms with E-state index in [2.05, 4.69) is 5.32 Å². The second-order valence-corrected chi connectivity index (χ2v) is 6.44. The first kappa shape index (κ1) is 22.0. The van der Waals surface area contributed by atoms with Crippen LogP contribution in [0.5, 0.6) is 0 Å². The molecule has 156 valence electrons. The second-order valence-electron chi connectivity index (χ2n) is 6.44. The highest BCUT2D eigenvalue weighted by atomic mass is 16.7. The van der Waals surface area contributed by atoms with Crippen LogP contribution in [0.15, 0.2) is 23.4 Å². The quantitative estimate of drug-likeness (QED) is 0.319. The number of carbonyl (C=O) groups is 3. The van der Waals surface area contributed by atoms with E-state index >= 15 is 0 Å². The lowest BCUT2D eigenvalue weighted by Gasteiger charge is -2.40. The number of aliphatic carboxylic acids is 1. The monoisotopic (exact) mass is 401 g/mol. The molecule has 1 saturated heterocycles. The summed E-state index contributed by atoms with van der Waals surface area (Å²) in [5.41, 5.74) is 0.878. The Morgan fingerprint density at radius 3 is 2.43 bits per heavy atom. The highest BCUT2D eigenvalue weighted by Crippen LogP contribution is 2.27. The minimum atomic E-state index is -1.83. The Kier molecular flexibility index (Phi) is 7.27. The summed E-state index contributed by atoms with van der Waals surface area (Å²) in [5, 5.41) is 41.3. The van der Waals surface area contributed by atoms with Crippen LogP contribution in [0.1, 0.15) is 20.3 Å². The number of hydrogen-bond acceptors (Lipinski definition) is 9. The third-order valence-electron chi connectivity index (χ3n) is 4.16. The molecule has 28 heavy (non-hydrogen) atoms. The first-order chi connectivity index (χ1) is 13.1. The topological polar surface area (TPSA) is 172 Å². The number of amides is 1. The van der Waals surface area contributed by atoms with Gasteiger partial charge in [0.1, 0.15) is 31.0 Å². The maximum Gasteiger partial charge on any atom is 0.335 e. The molecular formula is C17H23NO10. The van der Waals surface area contributed by atoms with E-state index < -0.39 is 54.7 Å². The van der Waals surface area contributed by atoms with E-state index in [1.165, 1.54) is 19.9 Å². The average Bonchev–Trinajstić information content (AvgIpc) is 2.61. The number of esters is 1. The summed E-state index contributed by atoms with van der Waals surface area (Å²) in [5.74, 6) is -2.41. The number of carbonyl (C=O) groups excluding carboxylic acids is 2. The van der Waals surface area contributed by atoms with Crippen LogP contribution in [0.2, 0.25) is 0 Å². The van der Waals surface area contributed by atoms with Gasteiger partial charge in [-0.05, 0) is 18.1 Å². The normalized spacial score (nSPS) is 32.8. The lowest BCUT2D eigenvalue weighted by molar-refractivity contribution is -0.301. The van der Waals surface area contributed by atoms with Crippen molar-refractivity contribution in [1.82, 2.24) is 5.32 Å². The number of carboxylic acid groups (broad SMARTS) is 1. The molecule has 1 fully saturated rings. The minimum absolute atomic E-state index is 0.0142. The van der Waals surface area contributed by atoms with Gasteiger partial charge in [-0.25, -0.2) is 4.79 Å². The second kappa shape index (κ2) is 9.26. The Morgan fingerprint density at radius 1 is 1.18 bits per heavy atom. The van der Waals surface area contributed by atoms with Gasteiger partial charge in [0.2, 0.25) is 5.91 Å². The van der Waals surface area contributed by atoms with E-state index in [4.69, 9.17) is 19.3 Å². The molecule has 0 aromatic heterocycles. The summed E-state index contributed by atoms with van der Waals surface area (Å²) in [6.45, 7) is 2.52. The van der Waals surface area contributed by atoms with Gasteiger partial charge in [0, 0.05) is 19.5 Å². The van der Waals surface area contributed by atoms with Crippen LogP contribution in [-0.2, 0) is 28.6 Å². The van der Waals surface area contributed by atoms with E-state index in [9.17, 15) is 29.7 Å². The van der Waals surface area contributed by atoms with Gasteiger partial charge in [-0.1, -0.05) is 6.08 Å². The molecule has 2 aliphatic rings. The molecule has 1 aliphatic carbocycles. The molecule has 0 radical (unpaired) electrons. The Morgan fingerprint density at radius 2 is 1.86 bits per heavy atom. The Balaban J connectivity index is 2.14. The number of nitrogens with one attached hydrogen (secondary N) is 1. The molecule has 1 aliphatic heterocycles. The van der Waals surface area contributed by atoms with Crippen molar-refractivity contribution in [2.45, 2.75) is 57.1 Å². The predicted octanol–water partition coefficient (Wildman–Crippen LogP) is -1.82. The van der Waals surface area contributed by atoms with Gasteiger partial charge in [0.15, 0.2) is 12.4 Å². The average molecular weight is 401 g/mol. The predicted molar refractivity (Wildman–Crippen MR) is 90.4 cm³/mol. The number of ether oxygens (including phenoxy) is 3. The van der Waals surface area contributed by atoms with Crippen molar-refractivity contribution in [2.75, 3.05) is 6.61 Å². The van der Waals surface area contributed by atoms with Crippen LogP contribution in [0.25, 0.3) is 0 Å². The van der Waals surface area contributed by atoms with Gasteiger partial charge in [-0.2, -0.15) is 0 Å². The Bertz CT molecular complexity index is 687. The van der Waals surface area contributed by atoms with Crippen LogP contribution < -0.4 is 5.32 Å². The van der Waals surface area contributed by atoms with E-state index in [1.807, 2.05) is 0 Å². The zero-order chi connectivity index (χ0) is 21.0. The third-order valence-corrected chi connectivity index (χ3v) is 4.16. The Labute approximate surface area is 160 Å². The van der Waals surface area contributed by atoms with Crippen LogP contribution in [0.4, 0.5) is 0 Å². The number of aliphatic hydroxyl groups excluding tert-OH is 3. The van der Waals surface area contributed by atoms with E-state index in [-0.39, 0.29) is 18.7 Å². The maximum atomic E-state index is 11.5. The summed E-state index contributed by atoms with van der Waals surface area (Å²) in [6.07, 6.45) is -6.17. The van der Waals surface area contributed by atoms with E-state index in [0.29, 0.717) is 5.57 Å². The fraction of sp³-hybridized carbons (Fsp3) is 0.588. The molecule has 0 bridgehead atoms. The highest BCUT2D eigenvalue weighted by Gasteiger charge is 2.48. The van der Waals surface area contributed by atoms with Crippen molar-refractivity contribution in [3.05, 3.63) is 23.4 Å². The number of carboxylic acids is 1. The van der Waals surface area contributed by atoms with Crippen LogP contribution in [-0.4, -0.2) is 81.7 Å². The lowest BCUT2D eigenvalue weighted by Crippen LogP contribution is -2.61. The summed E-state index contributed by atoms with van der Waals surface area (Å²) in [6, 6.07) is 0. The SMILES string of the molecule is CC(=O)NC1=CC(COC(C)=O)=CCC1O[C@@H]1O[C@H](C(=O)O)[C@@H](O)[C@H](O)[C@H]1O. The fourth-order valence-electron chi connectivity index (χ4n) is 2.80. The third kappa shape index (κ3) is 5.36. The molecule has 0 saturated carbocycles. The Hall–Kier alpha value is -2.31. The molecule has 1 amide bonds. The van der Waals surface area contributed by atoms with Gasteiger partial charge >= 0.3 is 11.9 Å².